The van der Waals surface area contributed by atoms with Crippen molar-refractivity contribution in [3.05, 3.63) is 59.6 Å². The minimum Gasteiger partial charge on any atom is -0.397 e. The summed E-state index contributed by atoms with van der Waals surface area (Å²) >= 11 is 1.60. The first kappa shape index (κ1) is 17.4. The van der Waals surface area contributed by atoms with E-state index in [1.807, 2.05) is 29.6 Å². The van der Waals surface area contributed by atoms with E-state index in [0.717, 1.165) is 10.4 Å². The monoisotopic (exact) mass is 373 g/mol. The van der Waals surface area contributed by atoms with Crippen LogP contribution in [0.2, 0.25) is 0 Å². The molecule has 3 rings (SSSR count). The smallest absolute Gasteiger partial charge is 0.257 e. The van der Waals surface area contributed by atoms with E-state index in [2.05, 4.69) is 10.3 Å². The molecule has 1 aromatic carbocycles. The van der Waals surface area contributed by atoms with Gasteiger partial charge in [-0.15, -0.1) is 11.3 Å². The summed E-state index contributed by atoms with van der Waals surface area (Å²) in [4.78, 5) is 26.8. The van der Waals surface area contributed by atoms with Crippen LogP contribution in [0, 0.1) is 0 Å². The van der Waals surface area contributed by atoms with Gasteiger partial charge < -0.3 is 15.9 Å². The van der Waals surface area contributed by atoms with Crippen molar-refractivity contribution >= 4 is 41.4 Å². The van der Waals surface area contributed by atoms with Crippen LogP contribution in [-0.2, 0) is 4.57 Å². The molecule has 4 N–H and O–H groups in total. The van der Waals surface area contributed by atoms with E-state index in [1.165, 1.54) is 25.0 Å². The van der Waals surface area contributed by atoms with Gasteiger partial charge in [0.1, 0.15) is 5.44 Å². The number of nitrogens with zero attached hydrogens (tertiary/aromatic N) is 1. The highest BCUT2D eigenvalue weighted by atomic mass is 32.1. The van der Waals surface area contributed by atoms with Gasteiger partial charge in [-0.25, -0.2) is 0 Å². The molecule has 1 atom stereocenters. The first-order chi connectivity index (χ1) is 11.8. The second-order valence-electron chi connectivity index (χ2n) is 5.52. The van der Waals surface area contributed by atoms with Crippen molar-refractivity contribution in [2.24, 2.45) is 0 Å². The molecule has 0 fully saturated rings. The number of hydrogen-bond acceptors (Lipinski definition) is 5. The molecule has 0 saturated heterocycles. The Balaban J connectivity index is 1.83. The maximum atomic E-state index is 12.4. The average Bonchev–Trinajstić information content (AvgIpc) is 3.10. The summed E-state index contributed by atoms with van der Waals surface area (Å²) in [6.07, 6.45) is 1.27. The highest BCUT2D eigenvalue weighted by molar-refractivity contribution is 7.65. The Morgan fingerprint density at radius 3 is 2.68 bits per heavy atom. The lowest BCUT2D eigenvalue weighted by Gasteiger charge is -2.10. The second-order valence-corrected chi connectivity index (χ2v) is 8.68. The highest BCUT2D eigenvalue weighted by Gasteiger charge is 2.16. The fourth-order valence-electron chi connectivity index (χ4n) is 2.22. The van der Waals surface area contributed by atoms with Gasteiger partial charge in [0.05, 0.1) is 16.9 Å². The van der Waals surface area contributed by atoms with Crippen molar-refractivity contribution in [3.63, 3.8) is 0 Å². The molecule has 2 aromatic heterocycles. The van der Waals surface area contributed by atoms with Crippen LogP contribution < -0.4 is 16.5 Å². The first-order valence-corrected chi connectivity index (χ1v) is 10.3. The summed E-state index contributed by atoms with van der Waals surface area (Å²) in [5.41, 5.74) is 8.20. The minimum absolute atomic E-state index is 0.0586. The van der Waals surface area contributed by atoms with Crippen LogP contribution in [0.3, 0.4) is 0 Å². The molecule has 8 heteroatoms. The largest absolute Gasteiger partial charge is 0.397 e. The molecule has 0 aliphatic heterocycles. The normalized spacial score (nSPS) is 13.2. The lowest BCUT2D eigenvalue weighted by Crippen LogP contribution is -2.16. The van der Waals surface area contributed by atoms with E-state index in [-0.39, 0.29) is 11.0 Å². The lowest BCUT2D eigenvalue weighted by molar-refractivity contribution is 0.102. The maximum Gasteiger partial charge on any atom is 0.257 e. The quantitative estimate of drug-likeness (QED) is 0.481. The number of pyridine rings is 1. The Hall–Kier alpha value is -2.47. The Labute approximate surface area is 148 Å². The van der Waals surface area contributed by atoms with Crippen molar-refractivity contribution < 1.29 is 14.3 Å². The van der Waals surface area contributed by atoms with E-state index in [0.29, 0.717) is 11.4 Å². The number of thiophene rings is 1. The third-order valence-electron chi connectivity index (χ3n) is 3.54. The van der Waals surface area contributed by atoms with Crippen LogP contribution in [0.5, 0.6) is 0 Å². The number of rotatable bonds is 4. The van der Waals surface area contributed by atoms with Crippen molar-refractivity contribution in [1.29, 1.82) is 0 Å². The predicted octanol–water partition coefficient (Wildman–Crippen LogP) is 3.17. The molecule has 0 radical (unpaired) electrons. The summed E-state index contributed by atoms with van der Waals surface area (Å²) in [5.74, 6) is -0.391. The predicted molar refractivity (Wildman–Crippen MR) is 102 cm³/mol. The number of anilines is 2. The molecule has 25 heavy (non-hydrogen) atoms. The van der Waals surface area contributed by atoms with Crippen LogP contribution in [0.4, 0.5) is 11.4 Å². The molecule has 2 heterocycles. The summed E-state index contributed by atoms with van der Waals surface area (Å²) in [5, 5.41) is 4.73. The zero-order valence-electron chi connectivity index (χ0n) is 13.3. The van der Waals surface area contributed by atoms with E-state index >= 15 is 0 Å². The number of amides is 1. The Bertz CT molecular complexity index is 950. The van der Waals surface area contributed by atoms with Gasteiger partial charge in [0.25, 0.3) is 5.91 Å². The summed E-state index contributed by atoms with van der Waals surface area (Å²) in [6.45, 7) is 1.20. The van der Waals surface area contributed by atoms with Crippen LogP contribution in [0.15, 0.2) is 54.0 Å². The summed E-state index contributed by atoms with van der Waals surface area (Å²) in [7, 11) is -3.44. The number of hydrogen-bond donors (Lipinski definition) is 3. The molecule has 0 aliphatic rings. The molecule has 0 bridgehead atoms. The molecule has 3 aromatic rings. The molecular weight excluding hydrogens is 357 g/mol. The SMILES string of the molecule is CP(=O)(O)c1ccc(C(=O)Nc2cc(-c3cccs3)ccc2N)cn1. The van der Waals surface area contributed by atoms with Crippen molar-refractivity contribution in [2.75, 3.05) is 17.7 Å². The molecular formula is C17H16N3O3PS. The number of nitrogens with one attached hydrogen (secondary N) is 1. The molecule has 1 amide bonds. The van der Waals surface area contributed by atoms with Crippen molar-refractivity contribution in [1.82, 2.24) is 4.98 Å². The van der Waals surface area contributed by atoms with Gasteiger partial charge in [-0.2, -0.15) is 0 Å². The first-order valence-electron chi connectivity index (χ1n) is 7.36. The van der Waals surface area contributed by atoms with E-state index < -0.39 is 13.3 Å². The molecule has 0 spiro atoms. The zero-order chi connectivity index (χ0) is 18.0. The summed E-state index contributed by atoms with van der Waals surface area (Å²) < 4.78 is 11.6. The van der Waals surface area contributed by atoms with Crippen molar-refractivity contribution in [3.8, 4) is 10.4 Å². The van der Waals surface area contributed by atoms with Gasteiger partial charge in [0, 0.05) is 17.7 Å². The molecule has 0 aliphatic carbocycles. The second kappa shape index (κ2) is 6.80. The van der Waals surface area contributed by atoms with E-state index in [9.17, 15) is 14.3 Å². The van der Waals surface area contributed by atoms with Gasteiger partial charge in [-0.05, 0) is 41.3 Å². The van der Waals surface area contributed by atoms with E-state index in [1.54, 1.807) is 17.4 Å². The molecule has 128 valence electrons. The minimum atomic E-state index is -3.44. The lowest BCUT2D eigenvalue weighted by atomic mass is 10.1. The number of nitrogen functional groups attached to an aromatic ring is 1. The van der Waals surface area contributed by atoms with Gasteiger partial charge in [0.15, 0.2) is 0 Å². The number of nitrogens with two attached hydrogens (primary N) is 1. The number of carbonyl (C=O) groups is 1. The van der Waals surface area contributed by atoms with Gasteiger partial charge in [-0.3, -0.25) is 14.3 Å². The van der Waals surface area contributed by atoms with Crippen LogP contribution in [0.1, 0.15) is 10.4 Å². The zero-order valence-corrected chi connectivity index (χ0v) is 15.1. The molecule has 1 unspecified atom stereocenters. The maximum absolute atomic E-state index is 12.4. The van der Waals surface area contributed by atoms with E-state index in [4.69, 9.17) is 5.73 Å². The van der Waals surface area contributed by atoms with Gasteiger partial charge in [-0.1, -0.05) is 12.1 Å². The third kappa shape index (κ3) is 3.96. The average molecular weight is 373 g/mol. The van der Waals surface area contributed by atoms with Gasteiger partial charge >= 0.3 is 0 Å². The number of aromatic nitrogens is 1. The van der Waals surface area contributed by atoms with Gasteiger partial charge in [0.2, 0.25) is 7.37 Å². The fraction of sp³-hybridized carbons (Fsp3) is 0.0588. The third-order valence-corrected chi connectivity index (χ3v) is 5.58. The van der Waals surface area contributed by atoms with Crippen LogP contribution >= 0.6 is 18.7 Å². The standard InChI is InChI=1S/C17H16N3O3PS/c1-24(22,23)16-7-5-12(10-19-16)17(21)20-14-9-11(4-6-13(14)18)15-3-2-8-25-15/h2-10H,18H2,1H3,(H,20,21)(H,22,23). The van der Waals surface area contributed by atoms with Crippen LogP contribution in [-0.4, -0.2) is 22.4 Å². The Morgan fingerprint density at radius 2 is 2.08 bits per heavy atom. The van der Waals surface area contributed by atoms with Crippen LogP contribution in [0.25, 0.3) is 10.4 Å². The Kier molecular flexibility index (Phi) is 4.72. The number of carbonyl (C=O) groups excluding carboxylic acids is 1. The molecule has 6 nitrogen and oxygen atoms in total. The highest BCUT2D eigenvalue weighted by Crippen LogP contribution is 2.33. The summed E-state index contributed by atoms with van der Waals surface area (Å²) in [6, 6.07) is 12.2. The fourth-order valence-corrected chi connectivity index (χ4v) is 3.57. The Morgan fingerprint density at radius 1 is 1.28 bits per heavy atom. The molecule has 0 saturated carbocycles. The topological polar surface area (TPSA) is 105 Å². The number of benzene rings is 1. The van der Waals surface area contributed by atoms with Crippen molar-refractivity contribution in [2.45, 2.75) is 0 Å².